The van der Waals surface area contributed by atoms with E-state index in [-0.39, 0.29) is 0 Å². The SMILES string of the molecule is O=C(O)NCCc1ccc(Oc2cc(CNc3ncc(Cl)cn3)ccn2)cc1. The Morgan fingerprint density at radius 2 is 1.82 bits per heavy atom. The predicted octanol–water partition coefficient (Wildman–Crippen LogP) is 3.74. The van der Waals surface area contributed by atoms with Crippen molar-refractivity contribution >= 4 is 23.6 Å². The fourth-order valence-electron chi connectivity index (χ4n) is 2.36. The fraction of sp³-hybridized carbons (Fsp3) is 0.158. The molecule has 0 bridgehead atoms. The van der Waals surface area contributed by atoms with Crippen LogP contribution in [0.25, 0.3) is 0 Å². The van der Waals surface area contributed by atoms with Crippen LogP contribution in [0.4, 0.5) is 10.7 Å². The highest BCUT2D eigenvalue weighted by Crippen LogP contribution is 2.21. The molecule has 0 aliphatic heterocycles. The minimum Gasteiger partial charge on any atom is -0.465 e. The number of ether oxygens (including phenoxy) is 1. The van der Waals surface area contributed by atoms with Crippen molar-refractivity contribution in [3.05, 3.63) is 71.1 Å². The van der Waals surface area contributed by atoms with E-state index in [2.05, 4.69) is 25.6 Å². The summed E-state index contributed by atoms with van der Waals surface area (Å²) in [4.78, 5) is 22.8. The van der Waals surface area contributed by atoms with Crippen molar-refractivity contribution in [1.82, 2.24) is 20.3 Å². The number of carboxylic acid groups (broad SMARTS) is 1. The van der Waals surface area contributed by atoms with Crippen LogP contribution in [0, 0.1) is 0 Å². The summed E-state index contributed by atoms with van der Waals surface area (Å²) in [5, 5.41) is 14.5. The summed E-state index contributed by atoms with van der Waals surface area (Å²) in [6, 6.07) is 11.1. The molecule has 0 spiro atoms. The van der Waals surface area contributed by atoms with E-state index in [0.717, 1.165) is 11.1 Å². The molecular formula is C19H18ClN5O3. The second kappa shape index (κ2) is 9.52. The third-order valence-corrected chi connectivity index (χ3v) is 3.90. The van der Waals surface area contributed by atoms with Crippen molar-refractivity contribution in [3.63, 3.8) is 0 Å². The molecule has 144 valence electrons. The smallest absolute Gasteiger partial charge is 0.404 e. The number of carbonyl (C=O) groups is 1. The molecule has 1 aromatic carbocycles. The molecule has 1 amide bonds. The summed E-state index contributed by atoms with van der Waals surface area (Å²) in [7, 11) is 0. The Labute approximate surface area is 166 Å². The number of pyridine rings is 1. The summed E-state index contributed by atoms with van der Waals surface area (Å²) in [5.74, 6) is 1.60. The lowest BCUT2D eigenvalue weighted by Crippen LogP contribution is -2.23. The van der Waals surface area contributed by atoms with E-state index in [9.17, 15) is 4.79 Å². The number of nitrogens with one attached hydrogen (secondary N) is 2. The van der Waals surface area contributed by atoms with Gasteiger partial charge in [-0.3, -0.25) is 0 Å². The average molecular weight is 400 g/mol. The van der Waals surface area contributed by atoms with Crippen LogP contribution in [0.3, 0.4) is 0 Å². The Hall–Kier alpha value is -3.39. The molecule has 0 fully saturated rings. The first kappa shape index (κ1) is 19.4. The number of halogens is 1. The Morgan fingerprint density at radius 1 is 1.07 bits per heavy atom. The molecule has 0 atom stereocenters. The molecule has 0 aliphatic carbocycles. The molecule has 9 heteroatoms. The van der Waals surface area contributed by atoms with Crippen molar-refractivity contribution in [2.75, 3.05) is 11.9 Å². The number of rotatable bonds is 8. The maximum Gasteiger partial charge on any atom is 0.404 e. The largest absolute Gasteiger partial charge is 0.465 e. The first-order chi connectivity index (χ1) is 13.6. The van der Waals surface area contributed by atoms with Crippen LogP contribution < -0.4 is 15.4 Å². The topological polar surface area (TPSA) is 109 Å². The van der Waals surface area contributed by atoms with Crippen LogP contribution >= 0.6 is 11.6 Å². The third-order valence-electron chi connectivity index (χ3n) is 3.71. The van der Waals surface area contributed by atoms with Crippen molar-refractivity contribution in [2.24, 2.45) is 0 Å². The molecule has 3 rings (SSSR count). The molecule has 8 nitrogen and oxygen atoms in total. The third kappa shape index (κ3) is 6.10. The molecule has 0 radical (unpaired) electrons. The first-order valence-electron chi connectivity index (χ1n) is 8.48. The highest BCUT2D eigenvalue weighted by atomic mass is 35.5. The van der Waals surface area contributed by atoms with Crippen molar-refractivity contribution in [2.45, 2.75) is 13.0 Å². The molecule has 0 saturated carbocycles. The predicted molar refractivity (Wildman–Crippen MR) is 105 cm³/mol. The fourth-order valence-corrected chi connectivity index (χ4v) is 2.46. The van der Waals surface area contributed by atoms with Gasteiger partial charge in [0, 0.05) is 25.4 Å². The van der Waals surface area contributed by atoms with Crippen LogP contribution in [0.5, 0.6) is 11.6 Å². The quantitative estimate of drug-likeness (QED) is 0.529. The molecule has 0 aliphatic rings. The molecule has 28 heavy (non-hydrogen) atoms. The van der Waals surface area contributed by atoms with E-state index in [0.29, 0.717) is 42.1 Å². The average Bonchev–Trinajstić information content (AvgIpc) is 2.69. The van der Waals surface area contributed by atoms with E-state index in [4.69, 9.17) is 21.4 Å². The van der Waals surface area contributed by atoms with Gasteiger partial charge in [0.1, 0.15) is 5.75 Å². The lowest BCUT2D eigenvalue weighted by atomic mass is 10.1. The summed E-state index contributed by atoms with van der Waals surface area (Å²) >= 11 is 5.77. The highest BCUT2D eigenvalue weighted by molar-refractivity contribution is 6.30. The van der Waals surface area contributed by atoms with Gasteiger partial charge in [-0.05, 0) is 35.7 Å². The molecule has 0 saturated heterocycles. The zero-order valence-electron chi connectivity index (χ0n) is 14.8. The number of hydrogen-bond acceptors (Lipinski definition) is 6. The Kier molecular flexibility index (Phi) is 6.59. The molecular weight excluding hydrogens is 382 g/mol. The Bertz CT molecular complexity index is 920. The van der Waals surface area contributed by atoms with Gasteiger partial charge >= 0.3 is 6.09 Å². The first-order valence-corrected chi connectivity index (χ1v) is 8.86. The van der Waals surface area contributed by atoms with Gasteiger partial charge in [0.05, 0.1) is 17.4 Å². The Morgan fingerprint density at radius 3 is 2.54 bits per heavy atom. The minimum absolute atomic E-state index is 0.365. The van der Waals surface area contributed by atoms with Crippen molar-refractivity contribution in [1.29, 1.82) is 0 Å². The van der Waals surface area contributed by atoms with E-state index >= 15 is 0 Å². The molecule has 3 N–H and O–H groups in total. The second-order valence-corrected chi connectivity index (χ2v) is 6.25. The second-order valence-electron chi connectivity index (χ2n) is 5.81. The number of hydrogen-bond donors (Lipinski definition) is 3. The number of benzene rings is 1. The zero-order chi connectivity index (χ0) is 19.8. The lowest BCUT2D eigenvalue weighted by Gasteiger charge is -2.08. The van der Waals surface area contributed by atoms with Gasteiger partial charge in [0.2, 0.25) is 11.8 Å². The van der Waals surface area contributed by atoms with Crippen LogP contribution in [0.1, 0.15) is 11.1 Å². The lowest BCUT2D eigenvalue weighted by molar-refractivity contribution is 0.194. The van der Waals surface area contributed by atoms with Gasteiger partial charge in [0.25, 0.3) is 0 Å². The summed E-state index contributed by atoms with van der Waals surface area (Å²) in [6.07, 6.45) is 4.31. The van der Waals surface area contributed by atoms with Gasteiger partial charge in [0.15, 0.2) is 0 Å². The standard InChI is InChI=1S/C19H18ClN5O3/c20-15-11-24-18(25-12-15)23-10-14-6-7-21-17(9-14)28-16-3-1-13(2-4-16)5-8-22-19(26)27/h1-4,6-7,9,11-12,22H,5,8,10H2,(H,26,27)(H,23,24,25). The van der Waals surface area contributed by atoms with E-state index in [1.165, 1.54) is 12.4 Å². The molecule has 0 unspecified atom stereocenters. The summed E-state index contributed by atoms with van der Waals surface area (Å²) in [6.45, 7) is 0.875. The number of anilines is 1. The van der Waals surface area contributed by atoms with Crippen LogP contribution in [-0.4, -0.2) is 32.7 Å². The number of amides is 1. The normalized spacial score (nSPS) is 10.3. The highest BCUT2D eigenvalue weighted by Gasteiger charge is 2.03. The van der Waals surface area contributed by atoms with Gasteiger partial charge in [-0.1, -0.05) is 23.7 Å². The van der Waals surface area contributed by atoms with Gasteiger partial charge in [-0.25, -0.2) is 19.7 Å². The molecule has 2 heterocycles. The molecule has 2 aromatic heterocycles. The van der Waals surface area contributed by atoms with Crippen molar-refractivity contribution < 1.29 is 14.6 Å². The van der Waals surface area contributed by atoms with Crippen LogP contribution in [-0.2, 0) is 13.0 Å². The van der Waals surface area contributed by atoms with Gasteiger partial charge < -0.3 is 20.5 Å². The van der Waals surface area contributed by atoms with E-state index in [1.807, 2.05) is 36.4 Å². The number of nitrogens with zero attached hydrogens (tertiary/aromatic N) is 3. The van der Waals surface area contributed by atoms with E-state index < -0.39 is 6.09 Å². The Balaban J connectivity index is 1.55. The summed E-state index contributed by atoms with van der Waals surface area (Å²) in [5.41, 5.74) is 1.97. The monoisotopic (exact) mass is 399 g/mol. The zero-order valence-corrected chi connectivity index (χ0v) is 15.6. The van der Waals surface area contributed by atoms with Crippen molar-refractivity contribution in [3.8, 4) is 11.6 Å². The number of aromatic nitrogens is 3. The minimum atomic E-state index is -1.02. The van der Waals surface area contributed by atoms with Crippen LogP contribution in [0.2, 0.25) is 5.02 Å². The maximum atomic E-state index is 10.5. The van der Waals surface area contributed by atoms with E-state index in [1.54, 1.807) is 6.20 Å². The summed E-state index contributed by atoms with van der Waals surface area (Å²) < 4.78 is 5.79. The maximum absolute atomic E-state index is 10.5. The van der Waals surface area contributed by atoms with Gasteiger partial charge in [-0.2, -0.15) is 0 Å². The molecule has 3 aromatic rings. The van der Waals surface area contributed by atoms with Gasteiger partial charge in [-0.15, -0.1) is 0 Å². The van der Waals surface area contributed by atoms with Crippen LogP contribution in [0.15, 0.2) is 55.0 Å².